The third-order valence-corrected chi connectivity index (χ3v) is 2.35. The van der Waals surface area contributed by atoms with Gasteiger partial charge in [-0.25, -0.2) is 0 Å². The van der Waals surface area contributed by atoms with Crippen molar-refractivity contribution in [3.63, 3.8) is 0 Å². The van der Waals surface area contributed by atoms with E-state index in [1.54, 1.807) is 0 Å². The van der Waals surface area contributed by atoms with Gasteiger partial charge in [-0.1, -0.05) is 0 Å². The minimum atomic E-state index is -0.883. The molecule has 0 radical (unpaired) electrons. The summed E-state index contributed by atoms with van der Waals surface area (Å²) in [7, 11) is 0. The maximum atomic E-state index is 9.85. The monoisotopic (exact) mass is 164 g/mol. The molecule has 0 atom stereocenters. The van der Waals surface area contributed by atoms with Crippen LogP contribution in [-0.4, -0.2) is 25.7 Å². The van der Waals surface area contributed by atoms with Crippen molar-refractivity contribution < 1.29 is 9.90 Å². The summed E-state index contributed by atoms with van der Waals surface area (Å²) in [4.78, 5) is 9.85. The predicted octanol–water partition coefficient (Wildman–Crippen LogP) is 0.825. The Hall–Kier alpha value is 0.0284. The van der Waals surface area contributed by atoms with Crippen LogP contribution in [0.4, 0.5) is 0 Å². The summed E-state index contributed by atoms with van der Waals surface area (Å²) in [6, 6.07) is 0. The molecule has 0 fully saturated rings. The predicted molar refractivity (Wildman–Crippen MR) is 29.9 cm³/mol. The van der Waals surface area contributed by atoms with Gasteiger partial charge in [-0.2, -0.15) is 0 Å². The zero-order chi connectivity index (χ0) is 5.86. The standard InChI is InChI=1S/C4H9AsO2/c1-5(2)3-4(6)7/h3H2,1-2H3,(H,6,7). The van der Waals surface area contributed by atoms with Gasteiger partial charge in [-0.05, 0) is 0 Å². The summed E-state index contributed by atoms with van der Waals surface area (Å²) in [5.41, 5.74) is 4.06. The maximum absolute atomic E-state index is 9.85. The molecule has 0 unspecified atom stereocenters. The van der Waals surface area contributed by atoms with Gasteiger partial charge in [-0.15, -0.1) is 0 Å². The summed E-state index contributed by atoms with van der Waals surface area (Å²) >= 11 is -0.883. The summed E-state index contributed by atoms with van der Waals surface area (Å²) in [5, 5.41) is 8.54. The molecule has 0 bridgehead atoms. The summed E-state index contributed by atoms with van der Waals surface area (Å²) in [5.74, 6) is -0.648. The zero-order valence-corrected chi connectivity index (χ0v) is 6.39. The number of hydrogen-bond acceptors (Lipinski definition) is 1. The Labute approximate surface area is 47.8 Å². The molecule has 0 aromatic carbocycles. The van der Waals surface area contributed by atoms with Crippen molar-refractivity contribution >= 4 is 20.6 Å². The fourth-order valence-electron chi connectivity index (χ4n) is 0.271. The van der Waals surface area contributed by atoms with E-state index < -0.39 is 20.6 Å². The summed E-state index contributed by atoms with van der Waals surface area (Å²) in [6.45, 7) is 0. The van der Waals surface area contributed by atoms with E-state index in [-0.39, 0.29) is 0 Å². The van der Waals surface area contributed by atoms with E-state index in [2.05, 4.69) is 0 Å². The van der Waals surface area contributed by atoms with E-state index in [1.165, 1.54) is 0 Å². The van der Waals surface area contributed by atoms with Crippen molar-refractivity contribution in [2.24, 2.45) is 0 Å². The Kier molecular flexibility index (Phi) is 3.10. The topological polar surface area (TPSA) is 37.3 Å². The first-order valence-electron chi connectivity index (χ1n) is 1.99. The second-order valence-corrected chi connectivity index (χ2v) is 6.83. The van der Waals surface area contributed by atoms with E-state index >= 15 is 0 Å². The quantitative estimate of drug-likeness (QED) is 0.613. The SMILES string of the molecule is C[As](C)CC(=O)O. The van der Waals surface area contributed by atoms with Crippen molar-refractivity contribution in [2.75, 3.05) is 0 Å². The van der Waals surface area contributed by atoms with Crippen LogP contribution in [0.5, 0.6) is 0 Å². The zero-order valence-electron chi connectivity index (χ0n) is 4.51. The molecule has 0 saturated carbocycles. The molecule has 0 aliphatic heterocycles. The molecule has 2 nitrogen and oxygen atoms in total. The van der Waals surface area contributed by atoms with Crippen molar-refractivity contribution in [1.29, 1.82) is 0 Å². The van der Waals surface area contributed by atoms with Gasteiger partial charge < -0.3 is 0 Å². The van der Waals surface area contributed by atoms with E-state index in [4.69, 9.17) is 5.11 Å². The van der Waals surface area contributed by atoms with Crippen LogP contribution < -0.4 is 0 Å². The Morgan fingerprint density at radius 2 is 2.14 bits per heavy atom. The van der Waals surface area contributed by atoms with Crippen molar-refractivity contribution in [1.82, 2.24) is 0 Å². The van der Waals surface area contributed by atoms with E-state index in [9.17, 15) is 4.79 Å². The first-order chi connectivity index (χ1) is 3.13. The minimum absolute atomic E-state index is 0.424. The first kappa shape index (κ1) is 7.03. The Morgan fingerprint density at radius 1 is 1.71 bits per heavy atom. The Bertz CT molecular complexity index is 70.1. The molecule has 0 heterocycles. The fourth-order valence-corrected chi connectivity index (χ4v) is 1.41. The summed E-state index contributed by atoms with van der Waals surface area (Å²) < 4.78 is 0. The number of hydrogen-bond donors (Lipinski definition) is 1. The van der Waals surface area contributed by atoms with Gasteiger partial charge in [-0.3, -0.25) is 0 Å². The molecule has 0 aromatic rings. The third-order valence-electron chi connectivity index (χ3n) is 0.451. The van der Waals surface area contributed by atoms with Crippen LogP contribution in [0.25, 0.3) is 0 Å². The number of carboxylic acid groups (broad SMARTS) is 1. The first-order valence-corrected chi connectivity index (χ1v) is 7.07. The second kappa shape index (κ2) is 3.09. The van der Waals surface area contributed by atoms with Crippen molar-refractivity contribution in [2.45, 2.75) is 16.6 Å². The molecule has 0 rings (SSSR count). The van der Waals surface area contributed by atoms with Gasteiger partial charge >= 0.3 is 47.2 Å². The molecule has 0 saturated heterocycles. The van der Waals surface area contributed by atoms with E-state index in [1.807, 2.05) is 11.4 Å². The average Bonchev–Trinajstić information content (AvgIpc) is 1.27. The van der Waals surface area contributed by atoms with Crippen molar-refractivity contribution in [3.8, 4) is 0 Å². The van der Waals surface area contributed by atoms with E-state index in [0.29, 0.717) is 5.21 Å². The van der Waals surface area contributed by atoms with Crippen LogP contribution >= 0.6 is 0 Å². The van der Waals surface area contributed by atoms with Crippen LogP contribution in [0.1, 0.15) is 0 Å². The van der Waals surface area contributed by atoms with Gasteiger partial charge in [0.2, 0.25) is 0 Å². The molecule has 0 spiro atoms. The van der Waals surface area contributed by atoms with Crippen LogP contribution in [0.3, 0.4) is 0 Å². The van der Waals surface area contributed by atoms with Gasteiger partial charge in [0.05, 0.1) is 0 Å². The molecule has 0 aromatic heterocycles. The average molecular weight is 164 g/mol. The molecule has 0 aliphatic carbocycles. The summed E-state index contributed by atoms with van der Waals surface area (Å²) in [6.07, 6.45) is 0. The number of carboxylic acids is 1. The van der Waals surface area contributed by atoms with Gasteiger partial charge in [0, 0.05) is 0 Å². The molecule has 1 N–H and O–H groups in total. The molecule has 0 amide bonds. The van der Waals surface area contributed by atoms with Crippen LogP contribution in [0, 0.1) is 0 Å². The van der Waals surface area contributed by atoms with Gasteiger partial charge in [0.1, 0.15) is 0 Å². The molecule has 3 heteroatoms. The normalized spacial score (nSPS) is 9.57. The number of aliphatic carboxylic acids is 1. The van der Waals surface area contributed by atoms with Crippen LogP contribution in [0.2, 0.25) is 16.6 Å². The number of rotatable bonds is 2. The molecular formula is C4H9AsO2. The Balaban J connectivity index is 3.13. The molecule has 0 aliphatic rings. The molecule has 42 valence electrons. The third kappa shape index (κ3) is 6.03. The fraction of sp³-hybridized carbons (Fsp3) is 0.750. The van der Waals surface area contributed by atoms with Crippen LogP contribution in [0.15, 0.2) is 0 Å². The second-order valence-electron chi connectivity index (χ2n) is 1.63. The molecule has 7 heavy (non-hydrogen) atoms. The van der Waals surface area contributed by atoms with E-state index in [0.717, 1.165) is 0 Å². The van der Waals surface area contributed by atoms with Gasteiger partial charge in [0.25, 0.3) is 0 Å². The Morgan fingerprint density at radius 3 is 2.14 bits per heavy atom. The number of carbonyl (C=O) groups is 1. The van der Waals surface area contributed by atoms with Gasteiger partial charge in [0.15, 0.2) is 0 Å². The van der Waals surface area contributed by atoms with Crippen LogP contribution in [-0.2, 0) is 4.79 Å². The molecular weight excluding hydrogens is 155 g/mol. The van der Waals surface area contributed by atoms with Crippen molar-refractivity contribution in [3.05, 3.63) is 0 Å².